The molecule has 5 rings (SSSR count). The van der Waals surface area contributed by atoms with Gasteiger partial charge in [-0.3, -0.25) is 9.59 Å². The van der Waals surface area contributed by atoms with Crippen molar-refractivity contribution in [3.63, 3.8) is 0 Å². The van der Waals surface area contributed by atoms with Crippen molar-refractivity contribution in [2.45, 2.75) is 31.8 Å². The summed E-state index contributed by atoms with van der Waals surface area (Å²) in [6.07, 6.45) is 4.98. The molecule has 0 radical (unpaired) electrons. The lowest BCUT2D eigenvalue weighted by Crippen LogP contribution is -2.45. The number of nitrogens with zero attached hydrogens (tertiary/aromatic N) is 3. The van der Waals surface area contributed by atoms with E-state index in [-0.39, 0.29) is 18.1 Å². The van der Waals surface area contributed by atoms with Crippen LogP contribution in [0.2, 0.25) is 0 Å². The van der Waals surface area contributed by atoms with Gasteiger partial charge in [0, 0.05) is 25.4 Å². The average molecular weight is 375 g/mol. The first-order valence-corrected chi connectivity index (χ1v) is 9.55. The van der Waals surface area contributed by atoms with Gasteiger partial charge >= 0.3 is 0 Å². The first kappa shape index (κ1) is 17.0. The molecule has 1 fully saturated rings. The summed E-state index contributed by atoms with van der Waals surface area (Å²) in [6.45, 7) is 3.05. The highest BCUT2D eigenvalue weighted by molar-refractivity contribution is 6.00. The van der Waals surface area contributed by atoms with Crippen LogP contribution < -0.4 is 4.74 Å². The predicted molar refractivity (Wildman–Crippen MR) is 104 cm³/mol. The summed E-state index contributed by atoms with van der Waals surface area (Å²) in [5.74, 6) is 0.758. The number of ketones is 1. The van der Waals surface area contributed by atoms with Gasteiger partial charge in [-0.2, -0.15) is 0 Å². The van der Waals surface area contributed by atoms with Crippen molar-refractivity contribution in [2.24, 2.45) is 0 Å². The maximum absolute atomic E-state index is 12.9. The normalized spacial score (nSPS) is 21.2. The fraction of sp³-hybridized carbons (Fsp3) is 0.318. The summed E-state index contributed by atoms with van der Waals surface area (Å²) in [5, 5.41) is 0. The van der Waals surface area contributed by atoms with Crippen LogP contribution in [0.3, 0.4) is 0 Å². The molecule has 1 spiro atoms. The van der Waals surface area contributed by atoms with E-state index in [1.807, 2.05) is 52.8 Å². The van der Waals surface area contributed by atoms with Crippen molar-refractivity contribution in [2.75, 3.05) is 13.1 Å². The molecule has 6 nitrogen and oxygen atoms in total. The van der Waals surface area contributed by atoms with E-state index in [1.54, 1.807) is 12.3 Å². The van der Waals surface area contributed by atoms with Crippen LogP contribution in [-0.2, 0) is 11.2 Å². The first-order chi connectivity index (χ1) is 13.5. The molecule has 2 aliphatic rings. The number of ether oxygens (including phenoxy) is 1. The Bertz CT molecular complexity index is 1100. The molecule has 1 amide bonds. The minimum Gasteiger partial charge on any atom is -0.484 e. The SMILES string of the molecule is Cc1cccn2c(CC(=O)N3CCC4(CC(=O)c5ccccc5O4)C3)cnc12. The minimum absolute atomic E-state index is 0.0371. The zero-order valence-corrected chi connectivity index (χ0v) is 15.7. The number of amides is 1. The number of imidazole rings is 1. The molecule has 1 saturated heterocycles. The second-order valence-corrected chi connectivity index (χ2v) is 7.76. The highest BCUT2D eigenvalue weighted by Crippen LogP contribution is 2.38. The predicted octanol–water partition coefficient (Wildman–Crippen LogP) is 2.82. The van der Waals surface area contributed by atoms with Crippen molar-refractivity contribution >= 4 is 17.3 Å². The third-order valence-electron chi connectivity index (χ3n) is 5.81. The van der Waals surface area contributed by atoms with Gasteiger partial charge in [-0.05, 0) is 30.7 Å². The molecule has 6 heteroatoms. The molecule has 0 N–H and O–H groups in total. The average Bonchev–Trinajstić information content (AvgIpc) is 3.27. The van der Waals surface area contributed by atoms with E-state index in [0.717, 1.165) is 16.9 Å². The van der Waals surface area contributed by atoms with E-state index in [4.69, 9.17) is 4.74 Å². The van der Waals surface area contributed by atoms with Gasteiger partial charge in [-0.1, -0.05) is 18.2 Å². The monoisotopic (exact) mass is 375 g/mol. The topological polar surface area (TPSA) is 63.9 Å². The number of Topliss-reactive ketones (excluding diaryl/α,β-unsaturated/α-hetero) is 1. The number of fused-ring (bicyclic) bond motifs is 2. The van der Waals surface area contributed by atoms with E-state index >= 15 is 0 Å². The van der Waals surface area contributed by atoms with Gasteiger partial charge in [0.1, 0.15) is 17.0 Å². The zero-order valence-electron chi connectivity index (χ0n) is 15.7. The molecular weight excluding hydrogens is 354 g/mol. The number of likely N-dealkylation sites (tertiary alicyclic amines) is 1. The molecule has 0 saturated carbocycles. The molecule has 2 aromatic heterocycles. The molecule has 2 aliphatic heterocycles. The second-order valence-electron chi connectivity index (χ2n) is 7.76. The molecule has 3 aromatic rings. The van der Waals surface area contributed by atoms with Crippen molar-refractivity contribution < 1.29 is 14.3 Å². The lowest BCUT2D eigenvalue weighted by atomic mass is 9.89. The van der Waals surface area contributed by atoms with Gasteiger partial charge in [-0.25, -0.2) is 4.98 Å². The van der Waals surface area contributed by atoms with Gasteiger partial charge in [0.25, 0.3) is 0 Å². The van der Waals surface area contributed by atoms with E-state index < -0.39 is 5.60 Å². The number of carbonyl (C=O) groups is 2. The Morgan fingerprint density at radius 3 is 3.00 bits per heavy atom. The van der Waals surface area contributed by atoms with Crippen molar-refractivity contribution in [3.05, 3.63) is 65.6 Å². The lowest BCUT2D eigenvalue weighted by molar-refractivity contribution is -0.130. The van der Waals surface area contributed by atoms with Crippen LogP contribution in [0.25, 0.3) is 5.65 Å². The van der Waals surface area contributed by atoms with Crippen LogP contribution in [-0.4, -0.2) is 44.7 Å². The van der Waals surface area contributed by atoms with Gasteiger partial charge in [0.15, 0.2) is 5.78 Å². The molecule has 0 aliphatic carbocycles. The summed E-state index contributed by atoms with van der Waals surface area (Å²) in [4.78, 5) is 31.8. The molecule has 1 unspecified atom stereocenters. The number of para-hydroxylation sites is 1. The van der Waals surface area contributed by atoms with Crippen LogP contribution in [0.1, 0.15) is 34.5 Å². The fourth-order valence-electron chi connectivity index (χ4n) is 4.33. The quantitative estimate of drug-likeness (QED) is 0.691. The highest BCUT2D eigenvalue weighted by atomic mass is 16.5. The minimum atomic E-state index is -0.600. The van der Waals surface area contributed by atoms with Crippen molar-refractivity contribution in [1.82, 2.24) is 14.3 Å². The van der Waals surface area contributed by atoms with Crippen LogP contribution in [0.15, 0.2) is 48.8 Å². The molecule has 0 bridgehead atoms. The number of rotatable bonds is 2. The Hall–Kier alpha value is -3.15. The number of benzene rings is 1. The third kappa shape index (κ3) is 2.68. The summed E-state index contributed by atoms with van der Waals surface area (Å²) in [6, 6.07) is 11.3. The Kier molecular flexibility index (Phi) is 3.75. The lowest BCUT2D eigenvalue weighted by Gasteiger charge is -2.34. The third-order valence-corrected chi connectivity index (χ3v) is 5.81. The number of carbonyl (C=O) groups excluding carboxylic acids is 2. The number of hydrogen-bond donors (Lipinski definition) is 0. The summed E-state index contributed by atoms with van der Waals surface area (Å²) in [7, 11) is 0. The van der Waals surface area contributed by atoms with Crippen LogP contribution >= 0.6 is 0 Å². The van der Waals surface area contributed by atoms with E-state index in [0.29, 0.717) is 37.2 Å². The van der Waals surface area contributed by atoms with Crippen LogP contribution in [0, 0.1) is 6.92 Å². The number of aromatic nitrogens is 2. The number of hydrogen-bond acceptors (Lipinski definition) is 4. The van der Waals surface area contributed by atoms with Crippen LogP contribution in [0.5, 0.6) is 5.75 Å². The zero-order chi connectivity index (χ0) is 19.3. The Labute approximate surface area is 162 Å². The van der Waals surface area contributed by atoms with Crippen molar-refractivity contribution in [1.29, 1.82) is 0 Å². The highest BCUT2D eigenvalue weighted by Gasteiger charge is 2.46. The maximum atomic E-state index is 12.9. The molecule has 4 heterocycles. The summed E-state index contributed by atoms with van der Waals surface area (Å²) < 4.78 is 8.19. The molecule has 28 heavy (non-hydrogen) atoms. The molecule has 1 atom stereocenters. The molecule has 142 valence electrons. The number of pyridine rings is 1. The Morgan fingerprint density at radius 2 is 2.11 bits per heavy atom. The Morgan fingerprint density at radius 1 is 1.25 bits per heavy atom. The standard InChI is InChI=1S/C22H21N3O3/c1-15-5-4-9-25-16(13-23-21(15)25)11-20(27)24-10-8-22(14-24)12-18(26)17-6-2-3-7-19(17)28-22/h2-7,9,13H,8,10-12,14H2,1H3. The largest absolute Gasteiger partial charge is 0.484 e. The summed E-state index contributed by atoms with van der Waals surface area (Å²) >= 11 is 0. The fourth-order valence-corrected chi connectivity index (χ4v) is 4.33. The second kappa shape index (κ2) is 6.19. The van der Waals surface area contributed by atoms with Gasteiger partial charge in [0.05, 0.1) is 30.6 Å². The summed E-state index contributed by atoms with van der Waals surface area (Å²) in [5.41, 5.74) is 2.86. The number of aryl methyl sites for hydroxylation is 1. The van der Waals surface area contributed by atoms with Gasteiger partial charge < -0.3 is 14.0 Å². The Balaban J connectivity index is 1.34. The van der Waals surface area contributed by atoms with Crippen LogP contribution in [0.4, 0.5) is 0 Å². The van der Waals surface area contributed by atoms with Gasteiger partial charge in [0.2, 0.25) is 5.91 Å². The molecular formula is C22H21N3O3. The first-order valence-electron chi connectivity index (χ1n) is 9.55. The van der Waals surface area contributed by atoms with Crippen molar-refractivity contribution in [3.8, 4) is 5.75 Å². The van der Waals surface area contributed by atoms with E-state index in [1.165, 1.54) is 0 Å². The smallest absolute Gasteiger partial charge is 0.228 e. The molecule has 1 aromatic carbocycles. The van der Waals surface area contributed by atoms with E-state index in [2.05, 4.69) is 4.98 Å². The van der Waals surface area contributed by atoms with E-state index in [9.17, 15) is 9.59 Å². The maximum Gasteiger partial charge on any atom is 0.228 e. The van der Waals surface area contributed by atoms with Gasteiger partial charge in [-0.15, -0.1) is 0 Å².